The molecule has 4 aromatic rings. The molecule has 0 radical (unpaired) electrons. The van der Waals surface area contributed by atoms with E-state index in [0.717, 1.165) is 24.0 Å². The fourth-order valence-corrected chi connectivity index (χ4v) is 7.38. The first kappa shape index (κ1) is 36.1. The standard InChI is InChI=1S/C41H46ClNO6/c1-7-41(34-25-36(42)43-37(47-6)32(34)26-46-5,49-38(44)30-21-19-29(20-22-30)28-14-10-8-11-15-28)39(45)48-35-24-27(2)18-23-33(35)40(3,4)31-16-12-9-13-17-31/h8-17,19-22,25,27,33,35H,7,18,23-24,26H2,1-6H3/t27?,33?,35-,41-/m0/s1. The van der Waals surface area contributed by atoms with Crippen molar-refractivity contribution in [2.75, 3.05) is 14.2 Å². The summed E-state index contributed by atoms with van der Waals surface area (Å²) in [6, 6.07) is 28.9. The lowest BCUT2D eigenvalue weighted by atomic mass is 9.64. The van der Waals surface area contributed by atoms with E-state index in [1.54, 1.807) is 25.1 Å². The summed E-state index contributed by atoms with van der Waals surface area (Å²) in [4.78, 5) is 33.3. The van der Waals surface area contributed by atoms with Crippen LogP contribution in [-0.2, 0) is 36.6 Å². The van der Waals surface area contributed by atoms with E-state index in [-0.39, 0.29) is 35.4 Å². The summed E-state index contributed by atoms with van der Waals surface area (Å²) in [5.41, 5.74) is 2.02. The summed E-state index contributed by atoms with van der Waals surface area (Å²) < 4.78 is 24.1. The normalized spacial score (nSPS) is 19.0. The first-order valence-corrected chi connectivity index (χ1v) is 17.3. The van der Waals surface area contributed by atoms with Crippen molar-refractivity contribution in [1.29, 1.82) is 0 Å². The van der Waals surface area contributed by atoms with Crippen molar-refractivity contribution < 1.29 is 28.5 Å². The molecule has 0 spiro atoms. The summed E-state index contributed by atoms with van der Waals surface area (Å²) in [7, 11) is 3.00. The predicted molar refractivity (Wildman–Crippen MR) is 192 cm³/mol. The molecule has 4 atom stereocenters. The number of halogens is 1. The highest BCUT2D eigenvalue weighted by molar-refractivity contribution is 6.29. The molecule has 1 saturated carbocycles. The average Bonchev–Trinajstić information content (AvgIpc) is 3.12. The summed E-state index contributed by atoms with van der Waals surface area (Å²) >= 11 is 6.54. The fraction of sp³-hybridized carbons (Fsp3) is 0.390. The summed E-state index contributed by atoms with van der Waals surface area (Å²) in [5.74, 6) is -0.792. The molecule has 0 aliphatic heterocycles. The number of methoxy groups -OCH3 is 2. The third-order valence-corrected chi connectivity index (χ3v) is 10.2. The average molecular weight is 684 g/mol. The number of aromatic nitrogens is 1. The van der Waals surface area contributed by atoms with Crippen molar-refractivity contribution >= 4 is 23.5 Å². The highest BCUT2D eigenvalue weighted by atomic mass is 35.5. The number of nitrogens with zero attached hydrogens (tertiary/aromatic N) is 1. The van der Waals surface area contributed by atoms with Gasteiger partial charge < -0.3 is 18.9 Å². The van der Waals surface area contributed by atoms with E-state index in [4.69, 9.17) is 30.5 Å². The van der Waals surface area contributed by atoms with Crippen LogP contribution in [0.2, 0.25) is 5.15 Å². The lowest BCUT2D eigenvalue weighted by molar-refractivity contribution is -0.181. The Bertz CT molecular complexity index is 1730. The number of hydrogen-bond acceptors (Lipinski definition) is 7. The molecule has 0 bridgehead atoms. The Kier molecular flexibility index (Phi) is 11.5. The molecule has 3 aromatic carbocycles. The van der Waals surface area contributed by atoms with Gasteiger partial charge >= 0.3 is 11.9 Å². The number of rotatable bonds is 12. The molecule has 8 heteroatoms. The van der Waals surface area contributed by atoms with E-state index >= 15 is 0 Å². The Morgan fingerprint density at radius 3 is 2.14 bits per heavy atom. The van der Waals surface area contributed by atoms with Gasteiger partial charge in [-0.2, -0.15) is 0 Å². The van der Waals surface area contributed by atoms with Crippen molar-refractivity contribution in [3.63, 3.8) is 0 Å². The number of carbonyl (C=O) groups excluding carboxylic acids is 2. The monoisotopic (exact) mass is 683 g/mol. The molecule has 0 amide bonds. The third kappa shape index (κ3) is 7.68. The topological polar surface area (TPSA) is 84.0 Å². The molecule has 0 N–H and O–H groups in total. The zero-order valence-electron chi connectivity index (χ0n) is 29.2. The van der Waals surface area contributed by atoms with Gasteiger partial charge in [0.2, 0.25) is 11.5 Å². The van der Waals surface area contributed by atoms with Crippen molar-refractivity contribution in [1.82, 2.24) is 4.98 Å². The molecular weight excluding hydrogens is 638 g/mol. The van der Waals surface area contributed by atoms with Gasteiger partial charge in [0.25, 0.3) is 0 Å². The smallest absolute Gasteiger partial charge is 0.355 e. The van der Waals surface area contributed by atoms with Gasteiger partial charge in [-0.05, 0) is 65.5 Å². The number of ether oxygens (including phenoxy) is 4. The molecule has 258 valence electrons. The van der Waals surface area contributed by atoms with E-state index in [0.29, 0.717) is 29.0 Å². The fourth-order valence-electron chi connectivity index (χ4n) is 7.19. The van der Waals surface area contributed by atoms with Crippen molar-refractivity contribution in [2.24, 2.45) is 11.8 Å². The third-order valence-electron chi connectivity index (χ3n) is 10.1. The first-order chi connectivity index (χ1) is 23.5. The van der Waals surface area contributed by atoms with Gasteiger partial charge in [-0.25, -0.2) is 14.6 Å². The Balaban J connectivity index is 1.57. The number of hydrogen-bond donors (Lipinski definition) is 0. The van der Waals surface area contributed by atoms with E-state index in [1.165, 1.54) is 19.8 Å². The van der Waals surface area contributed by atoms with Gasteiger partial charge in [0.1, 0.15) is 11.3 Å². The summed E-state index contributed by atoms with van der Waals surface area (Å²) in [5, 5.41) is 0.0787. The second kappa shape index (κ2) is 15.6. The zero-order chi connectivity index (χ0) is 35.2. The van der Waals surface area contributed by atoms with Crippen molar-refractivity contribution in [2.45, 2.75) is 77.1 Å². The van der Waals surface area contributed by atoms with Crippen LogP contribution in [0.25, 0.3) is 11.1 Å². The van der Waals surface area contributed by atoms with Crippen LogP contribution in [0.15, 0.2) is 91.0 Å². The first-order valence-electron chi connectivity index (χ1n) is 16.9. The van der Waals surface area contributed by atoms with Gasteiger partial charge in [0, 0.05) is 24.2 Å². The lowest BCUT2D eigenvalue weighted by Gasteiger charge is -2.45. The highest BCUT2D eigenvalue weighted by Gasteiger charge is 2.50. The molecule has 1 aromatic heterocycles. The predicted octanol–water partition coefficient (Wildman–Crippen LogP) is 9.35. The number of carbonyl (C=O) groups is 2. The van der Waals surface area contributed by atoms with Gasteiger partial charge in [0.05, 0.1) is 19.3 Å². The number of esters is 2. The Morgan fingerprint density at radius 1 is 0.898 bits per heavy atom. The minimum Gasteiger partial charge on any atom is -0.481 e. The van der Waals surface area contributed by atoms with Crippen molar-refractivity contribution in [3.8, 4) is 17.0 Å². The molecule has 7 nitrogen and oxygen atoms in total. The molecule has 1 aliphatic carbocycles. The van der Waals surface area contributed by atoms with Gasteiger partial charge in [0.15, 0.2) is 0 Å². The van der Waals surface area contributed by atoms with Crippen LogP contribution in [0.5, 0.6) is 5.88 Å². The number of benzene rings is 3. The van der Waals surface area contributed by atoms with Gasteiger partial charge in [-0.3, -0.25) is 0 Å². The van der Waals surface area contributed by atoms with E-state index in [1.807, 2.05) is 60.7 Å². The summed E-state index contributed by atoms with van der Waals surface area (Å²) in [6.07, 6.45) is 2.24. The zero-order valence-corrected chi connectivity index (χ0v) is 30.0. The van der Waals surface area contributed by atoms with Crippen LogP contribution in [0.3, 0.4) is 0 Å². The van der Waals surface area contributed by atoms with E-state index in [2.05, 4.69) is 37.9 Å². The molecule has 1 heterocycles. The number of pyridine rings is 1. The SMILES string of the molecule is CC[C@@](OC(=O)c1ccc(-c2ccccc2)cc1)(C(=O)O[C@H]1CC(C)CCC1C(C)(C)c1ccccc1)c1cc(Cl)nc(OC)c1COC. The molecule has 5 rings (SSSR count). The lowest BCUT2D eigenvalue weighted by Crippen LogP contribution is -2.48. The van der Waals surface area contributed by atoms with Crippen molar-refractivity contribution in [3.05, 3.63) is 118 Å². The van der Waals surface area contributed by atoms with Gasteiger partial charge in [-0.1, -0.05) is 119 Å². The molecular formula is C41H46ClNO6. The van der Waals surface area contributed by atoms with Crippen LogP contribution in [-0.4, -0.2) is 37.2 Å². The second-order valence-corrected chi connectivity index (χ2v) is 13.9. The second-order valence-electron chi connectivity index (χ2n) is 13.5. The summed E-state index contributed by atoms with van der Waals surface area (Å²) in [6.45, 7) is 8.42. The molecule has 1 aliphatic rings. The minimum absolute atomic E-state index is 0.0276. The Labute approximate surface area is 294 Å². The maximum atomic E-state index is 14.9. The van der Waals surface area contributed by atoms with Crippen LogP contribution in [0.4, 0.5) is 0 Å². The highest BCUT2D eigenvalue weighted by Crippen LogP contribution is 2.46. The van der Waals surface area contributed by atoms with Crippen LogP contribution in [0.1, 0.15) is 80.4 Å². The molecule has 1 fully saturated rings. The van der Waals surface area contributed by atoms with Crippen LogP contribution in [0, 0.1) is 11.8 Å². The van der Waals surface area contributed by atoms with Crippen LogP contribution >= 0.6 is 11.6 Å². The van der Waals surface area contributed by atoms with Gasteiger partial charge in [-0.15, -0.1) is 0 Å². The van der Waals surface area contributed by atoms with Crippen LogP contribution < -0.4 is 4.74 Å². The quantitative estimate of drug-likeness (QED) is 0.109. The minimum atomic E-state index is -1.88. The molecule has 0 saturated heterocycles. The Hall–Kier alpha value is -4.20. The largest absolute Gasteiger partial charge is 0.481 e. The maximum Gasteiger partial charge on any atom is 0.355 e. The maximum absolute atomic E-state index is 14.9. The molecule has 2 unspecified atom stereocenters. The van der Waals surface area contributed by atoms with E-state index in [9.17, 15) is 9.59 Å². The Morgan fingerprint density at radius 2 is 1.53 bits per heavy atom. The van der Waals surface area contributed by atoms with E-state index < -0.39 is 23.6 Å². The molecule has 49 heavy (non-hydrogen) atoms.